The van der Waals surface area contributed by atoms with E-state index in [0.717, 1.165) is 0 Å². The Morgan fingerprint density at radius 2 is 1.00 bits per heavy atom. The van der Waals surface area contributed by atoms with E-state index >= 15 is 0 Å². The van der Waals surface area contributed by atoms with Crippen molar-refractivity contribution < 1.29 is 58.1 Å². The van der Waals surface area contributed by atoms with Gasteiger partial charge in [0.05, 0.1) is 6.61 Å². The van der Waals surface area contributed by atoms with Crippen molar-refractivity contribution >= 4 is 0 Å². The monoisotopic (exact) mass is 358 g/mol. The van der Waals surface area contributed by atoms with Gasteiger partial charge in [-0.15, -0.1) is 0 Å². The van der Waals surface area contributed by atoms with Crippen LogP contribution in [0, 0.1) is 0 Å². The van der Waals surface area contributed by atoms with Crippen LogP contribution in [0.25, 0.3) is 0 Å². The summed E-state index contributed by atoms with van der Waals surface area (Å²) in [6.45, 7) is -2.33. The molecule has 0 atom stereocenters. The van der Waals surface area contributed by atoms with Crippen molar-refractivity contribution in [3.63, 3.8) is 0 Å². The number of halogens is 11. The molecule has 0 aromatic rings. The Bertz CT molecular complexity index is 334. The summed E-state index contributed by atoms with van der Waals surface area (Å²) in [6, 6.07) is 0. The molecule has 0 bridgehead atoms. The normalized spacial score (nSPS) is 15.3. The van der Waals surface area contributed by atoms with Crippen LogP contribution in [0.1, 0.15) is 12.8 Å². The molecular weight excluding hydrogens is 349 g/mol. The van der Waals surface area contributed by atoms with Gasteiger partial charge in [-0.25, -0.2) is 0 Å². The number of unbranched alkanes of at least 4 members (excludes halogenated alkanes) is 1. The molecule has 0 aromatic carbocycles. The smallest absolute Gasteiger partial charge is 0.396 e. The van der Waals surface area contributed by atoms with E-state index in [9.17, 15) is 48.3 Å². The molecule has 22 heavy (non-hydrogen) atoms. The summed E-state index contributed by atoms with van der Waals surface area (Å²) in [5.74, 6) is -21.0. The Hall–Kier alpha value is -0.850. The molecular formula is C9H9F11O2. The molecule has 0 amide bonds. The first-order valence-corrected chi connectivity index (χ1v) is 5.39. The van der Waals surface area contributed by atoms with Gasteiger partial charge in [-0.1, -0.05) is 0 Å². The number of alkyl halides is 11. The molecule has 0 aliphatic carbocycles. The minimum Gasteiger partial charge on any atom is -0.396 e. The summed E-state index contributed by atoms with van der Waals surface area (Å²) in [4.78, 5) is 0. The Labute approximate surface area is 115 Å². The van der Waals surface area contributed by atoms with Crippen LogP contribution in [0.2, 0.25) is 0 Å². The number of rotatable bonds is 7. The van der Waals surface area contributed by atoms with Crippen LogP contribution in [0.4, 0.5) is 48.3 Å². The lowest BCUT2D eigenvalue weighted by atomic mass is 10.0. The second-order valence-corrected chi connectivity index (χ2v) is 4.02. The van der Waals surface area contributed by atoms with Gasteiger partial charge in [-0.2, -0.15) is 48.3 Å². The molecule has 0 aliphatic heterocycles. The third kappa shape index (κ3) is 3.55. The van der Waals surface area contributed by atoms with E-state index in [1.807, 2.05) is 0 Å². The highest BCUT2D eigenvalue weighted by atomic mass is 19.4. The quantitative estimate of drug-likeness (QED) is 0.554. The van der Waals surface area contributed by atoms with Crippen LogP contribution in [-0.2, 0) is 4.74 Å². The summed E-state index contributed by atoms with van der Waals surface area (Å²) < 4.78 is 140. The van der Waals surface area contributed by atoms with Crippen molar-refractivity contribution in [3.05, 3.63) is 0 Å². The molecule has 134 valence electrons. The average molecular weight is 358 g/mol. The fourth-order valence-electron chi connectivity index (χ4n) is 1.17. The maximum Gasteiger partial charge on any atom is 0.459 e. The van der Waals surface area contributed by atoms with Crippen LogP contribution in [0.15, 0.2) is 0 Å². The van der Waals surface area contributed by atoms with Crippen LogP contribution in [0.5, 0.6) is 0 Å². The SMILES string of the molecule is OCCCCOC(F)(C(F)(F)C(F)(F)F)C(F)(F)C(F)(F)F. The molecule has 0 heterocycles. The second kappa shape index (κ2) is 6.34. The highest BCUT2D eigenvalue weighted by molar-refractivity contribution is 5.04. The van der Waals surface area contributed by atoms with Crippen molar-refractivity contribution in [1.29, 1.82) is 0 Å². The standard InChI is InChI=1S/C9H9F11O2/c10-5(11,8(15,16)17)7(14,22-4-2-1-3-21)6(12,13)9(18,19)20/h21H,1-4H2. The van der Waals surface area contributed by atoms with Crippen LogP contribution in [0.3, 0.4) is 0 Å². The molecule has 0 aliphatic rings. The van der Waals surface area contributed by atoms with Gasteiger partial charge in [0, 0.05) is 6.61 Å². The molecule has 0 radical (unpaired) electrons. The molecule has 1 N–H and O–H groups in total. The zero-order valence-electron chi connectivity index (χ0n) is 10.3. The number of aliphatic hydroxyl groups is 1. The van der Waals surface area contributed by atoms with Crippen molar-refractivity contribution in [2.24, 2.45) is 0 Å². The number of hydrogen-bond donors (Lipinski definition) is 1. The van der Waals surface area contributed by atoms with Gasteiger partial charge < -0.3 is 9.84 Å². The zero-order valence-corrected chi connectivity index (χ0v) is 10.3. The molecule has 0 saturated heterocycles. The van der Waals surface area contributed by atoms with E-state index in [-0.39, 0.29) is 0 Å². The Kier molecular flexibility index (Phi) is 6.09. The maximum atomic E-state index is 13.5. The Morgan fingerprint density at radius 1 is 0.636 bits per heavy atom. The Balaban J connectivity index is 5.79. The largest absolute Gasteiger partial charge is 0.459 e. The molecule has 0 saturated carbocycles. The van der Waals surface area contributed by atoms with Gasteiger partial charge in [-0.3, -0.25) is 0 Å². The lowest BCUT2D eigenvalue weighted by molar-refractivity contribution is -0.466. The highest BCUT2D eigenvalue weighted by Crippen LogP contribution is 2.57. The molecule has 0 unspecified atom stereocenters. The van der Waals surface area contributed by atoms with E-state index in [0.29, 0.717) is 0 Å². The molecule has 13 heteroatoms. The summed E-state index contributed by atoms with van der Waals surface area (Å²) in [7, 11) is 0. The van der Waals surface area contributed by atoms with Gasteiger partial charge in [0.15, 0.2) is 0 Å². The van der Waals surface area contributed by atoms with Crippen LogP contribution < -0.4 is 0 Å². The van der Waals surface area contributed by atoms with E-state index in [1.165, 1.54) is 0 Å². The third-order valence-corrected chi connectivity index (χ3v) is 2.37. The van der Waals surface area contributed by atoms with Gasteiger partial charge in [-0.05, 0) is 12.8 Å². The van der Waals surface area contributed by atoms with Crippen molar-refractivity contribution in [1.82, 2.24) is 0 Å². The predicted octanol–water partition coefficient (Wildman–Crippen LogP) is 3.84. The van der Waals surface area contributed by atoms with Gasteiger partial charge in [0.1, 0.15) is 0 Å². The fraction of sp³-hybridized carbons (Fsp3) is 1.00. The van der Waals surface area contributed by atoms with Crippen LogP contribution in [-0.4, -0.2) is 48.4 Å². The van der Waals surface area contributed by atoms with Gasteiger partial charge >= 0.3 is 30.1 Å². The molecule has 2 nitrogen and oxygen atoms in total. The predicted molar refractivity (Wildman–Crippen MR) is 48.1 cm³/mol. The van der Waals surface area contributed by atoms with E-state index in [2.05, 4.69) is 4.74 Å². The molecule has 0 spiro atoms. The summed E-state index contributed by atoms with van der Waals surface area (Å²) in [5, 5.41) is 8.27. The fourth-order valence-corrected chi connectivity index (χ4v) is 1.17. The maximum absolute atomic E-state index is 13.5. The Morgan fingerprint density at radius 3 is 1.27 bits per heavy atom. The van der Waals surface area contributed by atoms with Crippen molar-refractivity contribution in [3.8, 4) is 0 Å². The van der Waals surface area contributed by atoms with Crippen molar-refractivity contribution in [2.75, 3.05) is 13.2 Å². The first-order chi connectivity index (χ1) is 9.56. The van der Waals surface area contributed by atoms with E-state index in [1.54, 1.807) is 0 Å². The van der Waals surface area contributed by atoms with E-state index < -0.39 is 56.1 Å². The third-order valence-electron chi connectivity index (χ3n) is 2.37. The molecule has 0 fully saturated rings. The van der Waals surface area contributed by atoms with Crippen LogP contribution >= 0.6 is 0 Å². The minimum atomic E-state index is -7.14. The number of hydrogen-bond acceptors (Lipinski definition) is 2. The summed E-state index contributed by atoms with van der Waals surface area (Å²) in [6.07, 6.45) is -15.3. The highest BCUT2D eigenvalue weighted by Gasteiger charge is 2.87. The van der Waals surface area contributed by atoms with Crippen molar-refractivity contribution in [2.45, 2.75) is 42.9 Å². The average Bonchev–Trinajstić information content (AvgIpc) is 2.31. The number of aliphatic hydroxyl groups excluding tert-OH is 1. The van der Waals surface area contributed by atoms with Gasteiger partial charge in [0.25, 0.3) is 0 Å². The second-order valence-electron chi connectivity index (χ2n) is 4.02. The lowest BCUT2D eigenvalue weighted by Crippen LogP contribution is -2.69. The topological polar surface area (TPSA) is 29.5 Å². The minimum absolute atomic E-state index is 0.411. The molecule has 0 aromatic heterocycles. The first kappa shape index (κ1) is 21.1. The first-order valence-electron chi connectivity index (χ1n) is 5.39. The van der Waals surface area contributed by atoms with Gasteiger partial charge in [0.2, 0.25) is 0 Å². The summed E-state index contributed by atoms with van der Waals surface area (Å²) >= 11 is 0. The molecule has 0 rings (SSSR count). The number of ether oxygens (including phenoxy) is 1. The zero-order chi connectivity index (χ0) is 18.0. The van der Waals surface area contributed by atoms with E-state index in [4.69, 9.17) is 5.11 Å². The summed E-state index contributed by atoms with van der Waals surface area (Å²) in [5.41, 5.74) is 0. The lowest BCUT2D eigenvalue weighted by Gasteiger charge is -2.39.